The van der Waals surface area contributed by atoms with E-state index in [1.807, 2.05) is 24.4 Å². The number of hydrogen-bond acceptors (Lipinski definition) is 3. The van der Waals surface area contributed by atoms with Crippen LogP contribution in [0.5, 0.6) is 5.75 Å². The number of pyridine rings is 1. The van der Waals surface area contributed by atoms with Gasteiger partial charge in [0.1, 0.15) is 11.9 Å². The van der Waals surface area contributed by atoms with Crippen molar-refractivity contribution in [1.29, 1.82) is 0 Å². The van der Waals surface area contributed by atoms with E-state index < -0.39 is 0 Å². The van der Waals surface area contributed by atoms with Crippen LogP contribution in [0.4, 0.5) is 0 Å². The van der Waals surface area contributed by atoms with E-state index in [1.54, 1.807) is 0 Å². The SMILES string of the molecule is c1ccc2ncc(OC3CC4(CNC4)C3)cc2c1. The van der Waals surface area contributed by atoms with E-state index in [0.29, 0.717) is 11.5 Å². The number of benzene rings is 1. The lowest BCUT2D eigenvalue weighted by molar-refractivity contribution is -0.0495. The van der Waals surface area contributed by atoms with E-state index in [2.05, 4.69) is 22.4 Å². The van der Waals surface area contributed by atoms with E-state index in [4.69, 9.17) is 4.74 Å². The summed E-state index contributed by atoms with van der Waals surface area (Å²) in [7, 11) is 0. The molecule has 1 saturated carbocycles. The Labute approximate surface area is 106 Å². The minimum atomic E-state index is 0.384. The topological polar surface area (TPSA) is 34.1 Å². The normalized spacial score (nSPS) is 21.6. The Morgan fingerprint density at radius 1 is 1.22 bits per heavy atom. The van der Waals surface area contributed by atoms with Crippen LogP contribution in [0.3, 0.4) is 0 Å². The van der Waals surface area contributed by atoms with Crippen molar-refractivity contribution in [3.63, 3.8) is 0 Å². The largest absolute Gasteiger partial charge is 0.489 e. The summed E-state index contributed by atoms with van der Waals surface area (Å²) < 4.78 is 6.00. The van der Waals surface area contributed by atoms with Crippen molar-refractivity contribution in [2.24, 2.45) is 5.41 Å². The number of ether oxygens (including phenoxy) is 1. The second-order valence-electron chi connectivity index (χ2n) is 5.62. The van der Waals surface area contributed by atoms with E-state index in [-0.39, 0.29) is 0 Å². The Morgan fingerprint density at radius 2 is 2.06 bits per heavy atom. The molecule has 2 aromatic rings. The molecule has 1 aromatic carbocycles. The van der Waals surface area contributed by atoms with Crippen molar-refractivity contribution in [3.05, 3.63) is 36.5 Å². The smallest absolute Gasteiger partial charge is 0.138 e. The molecule has 1 aromatic heterocycles. The third-order valence-corrected chi connectivity index (χ3v) is 4.19. The highest BCUT2D eigenvalue weighted by Crippen LogP contribution is 2.45. The number of fused-ring (bicyclic) bond motifs is 1. The van der Waals surface area contributed by atoms with Crippen LogP contribution >= 0.6 is 0 Å². The minimum absolute atomic E-state index is 0.384. The highest BCUT2D eigenvalue weighted by molar-refractivity contribution is 5.79. The molecule has 1 spiro atoms. The Kier molecular flexibility index (Phi) is 2.12. The molecule has 4 rings (SSSR count). The lowest BCUT2D eigenvalue weighted by Gasteiger charge is -2.53. The summed E-state index contributed by atoms with van der Waals surface area (Å²) in [5.74, 6) is 0.904. The van der Waals surface area contributed by atoms with Gasteiger partial charge in [0.15, 0.2) is 0 Å². The quantitative estimate of drug-likeness (QED) is 0.875. The Balaban J connectivity index is 1.50. The average Bonchev–Trinajstić information content (AvgIpc) is 2.31. The molecule has 0 unspecified atom stereocenters. The average molecular weight is 240 g/mol. The maximum Gasteiger partial charge on any atom is 0.138 e. The first kappa shape index (κ1) is 10.3. The molecule has 0 amide bonds. The molecular formula is C15H16N2O. The summed E-state index contributed by atoms with van der Waals surface area (Å²) in [6.45, 7) is 2.34. The molecule has 3 nitrogen and oxygen atoms in total. The monoisotopic (exact) mass is 240 g/mol. The summed E-state index contributed by atoms with van der Waals surface area (Å²) in [4.78, 5) is 4.43. The molecule has 18 heavy (non-hydrogen) atoms. The lowest BCUT2D eigenvalue weighted by atomic mass is 9.63. The van der Waals surface area contributed by atoms with Gasteiger partial charge >= 0.3 is 0 Å². The molecule has 0 atom stereocenters. The van der Waals surface area contributed by atoms with E-state index in [1.165, 1.54) is 25.9 Å². The number of rotatable bonds is 2. The molecule has 0 radical (unpaired) electrons. The first-order valence-electron chi connectivity index (χ1n) is 6.55. The van der Waals surface area contributed by atoms with Crippen molar-refractivity contribution in [2.75, 3.05) is 13.1 Å². The number of para-hydroxylation sites is 1. The van der Waals surface area contributed by atoms with Gasteiger partial charge in [-0.3, -0.25) is 4.98 Å². The summed E-state index contributed by atoms with van der Waals surface area (Å²) >= 11 is 0. The molecule has 2 fully saturated rings. The molecule has 3 heteroatoms. The second kappa shape index (κ2) is 3.69. The molecule has 0 bridgehead atoms. The highest BCUT2D eigenvalue weighted by atomic mass is 16.5. The van der Waals surface area contributed by atoms with Gasteiger partial charge in [0.2, 0.25) is 0 Å². The van der Waals surface area contributed by atoms with Crippen LogP contribution in [-0.4, -0.2) is 24.2 Å². The van der Waals surface area contributed by atoms with Gasteiger partial charge in [-0.2, -0.15) is 0 Å². The zero-order valence-corrected chi connectivity index (χ0v) is 10.2. The fraction of sp³-hybridized carbons (Fsp3) is 0.400. The maximum absolute atomic E-state index is 6.00. The molecule has 1 aliphatic carbocycles. The van der Waals surface area contributed by atoms with Crippen LogP contribution in [-0.2, 0) is 0 Å². The van der Waals surface area contributed by atoms with Crippen molar-refractivity contribution < 1.29 is 4.74 Å². The predicted molar refractivity (Wildman–Crippen MR) is 70.7 cm³/mol. The Hall–Kier alpha value is -1.61. The van der Waals surface area contributed by atoms with E-state index >= 15 is 0 Å². The number of nitrogens with zero attached hydrogens (tertiary/aromatic N) is 1. The molecule has 92 valence electrons. The molecular weight excluding hydrogens is 224 g/mol. The van der Waals surface area contributed by atoms with Crippen LogP contribution < -0.4 is 10.1 Å². The maximum atomic E-state index is 6.00. The number of aromatic nitrogens is 1. The fourth-order valence-corrected chi connectivity index (χ4v) is 3.06. The van der Waals surface area contributed by atoms with E-state index in [0.717, 1.165) is 16.7 Å². The standard InChI is InChI=1S/C15H16N2O/c1-2-4-14-11(3-1)5-12(8-17-14)18-13-6-15(7-13)9-16-10-15/h1-5,8,13,16H,6-7,9-10H2. The third-order valence-electron chi connectivity index (χ3n) is 4.19. The van der Waals surface area contributed by atoms with Gasteiger partial charge in [-0.1, -0.05) is 18.2 Å². The van der Waals surface area contributed by atoms with Crippen molar-refractivity contribution in [2.45, 2.75) is 18.9 Å². The van der Waals surface area contributed by atoms with Crippen LogP contribution in [0.25, 0.3) is 10.9 Å². The van der Waals surface area contributed by atoms with Gasteiger partial charge in [0.05, 0.1) is 11.7 Å². The van der Waals surface area contributed by atoms with Gasteiger partial charge in [0.25, 0.3) is 0 Å². The molecule has 1 N–H and O–H groups in total. The summed E-state index contributed by atoms with van der Waals surface area (Å²) in [5.41, 5.74) is 1.59. The fourth-order valence-electron chi connectivity index (χ4n) is 3.06. The van der Waals surface area contributed by atoms with Gasteiger partial charge in [-0.15, -0.1) is 0 Å². The Morgan fingerprint density at radius 3 is 2.83 bits per heavy atom. The van der Waals surface area contributed by atoms with Gasteiger partial charge in [-0.05, 0) is 25.0 Å². The number of nitrogens with one attached hydrogen (secondary N) is 1. The zero-order chi connectivity index (χ0) is 12.0. The molecule has 2 aliphatic rings. The first-order chi connectivity index (χ1) is 8.83. The van der Waals surface area contributed by atoms with Crippen LogP contribution in [0, 0.1) is 5.41 Å². The Bertz CT molecular complexity index is 584. The second-order valence-corrected chi connectivity index (χ2v) is 5.62. The van der Waals surface area contributed by atoms with Gasteiger partial charge in [0, 0.05) is 23.9 Å². The lowest BCUT2D eigenvalue weighted by Crippen LogP contribution is -2.62. The van der Waals surface area contributed by atoms with Crippen LogP contribution in [0.2, 0.25) is 0 Å². The summed E-state index contributed by atoms with van der Waals surface area (Å²) in [6.07, 6.45) is 4.60. The van der Waals surface area contributed by atoms with Gasteiger partial charge in [-0.25, -0.2) is 0 Å². The van der Waals surface area contributed by atoms with E-state index in [9.17, 15) is 0 Å². The molecule has 1 aliphatic heterocycles. The van der Waals surface area contributed by atoms with Crippen LogP contribution in [0.15, 0.2) is 36.5 Å². The summed E-state index contributed by atoms with van der Waals surface area (Å²) in [5, 5.41) is 4.49. The van der Waals surface area contributed by atoms with Crippen LogP contribution in [0.1, 0.15) is 12.8 Å². The van der Waals surface area contributed by atoms with Gasteiger partial charge < -0.3 is 10.1 Å². The minimum Gasteiger partial charge on any atom is -0.489 e. The highest BCUT2D eigenvalue weighted by Gasteiger charge is 2.49. The first-order valence-corrected chi connectivity index (χ1v) is 6.55. The zero-order valence-electron chi connectivity index (χ0n) is 10.2. The van der Waals surface area contributed by atoms with Crippen molar-refractivity contribution in [1.82, 2.24) is 10.3 Å². The molecule has 1 saturated heterocycles. The number of hydrogen-bond donors (Lipinski definition) is 1. The summed E-state index contributed by atoms with van der Waals surface area (Å²) in [6, 6.07) is 10.2. The van der Waals surface area contributed by atoms with Crippen molar-refractivity contribution >= 4 is 10.9 Å². The predicted octanol–water partition coefficient (Wildman–Crippen LogP) is 2.37. The van der Waals surface area contributed by atoms with Crippen molar-refractivity contribution in [3.8, 4) is 5.75 Å². The third kappa shape index (κ3) is 1.58. The molecule has 2 heterocycles.